The molecule has 5 nitrogen and oxygen atoms in total. The van der Waals surface area contributed by atoms with Gasteiger partial charge in [-0.15, -0.1) is 11.8 Å². The van der Waals surface area contributed by atoms with Crippen LogP contribution in [0.2, 0.25) is 0 Å². The van der Waals surface area contributed by atoms with Crippen molar-refractivity contribution in [3.05, 3.63) is 29.8 Å². The van der Waals surface area contributed by atoms with Gasteiger partial charge >= 0.3 is 51.4 Å². The van der Waals surface area contributed by atoms with Crippen LogP contribution in [0, 0.1) is 0 Å². The number of hydrogen-bond acceptors (Lipinski definition) is 5. The summed E-state index contributed by atoms with van der Waals surface area (Å²) in [5.41, 5.74) is 0.933. The van der Waals surface area contributed by atoms with Gasteiger partial charge < -0.3 is 20.3 Å². The van der Waals surface area contributed by atoms with E-state index in [1.165, 1.54) is 0 Å². The van der Waals surface area contributed by atoms with Gasteiger partial charge in [-0.05, 0) is 30.2 Å². The van der Waals surface area contributed by atoms with Crippen LogP contribution in [0.3, 0.4) is 0 Å². The Balaban J connectivity index is 0.00000220. The van der Waals surface area contributed by atoms with Gasteiger partial charge in [0, 0.05) is 11.5 Å². The van der Waals surface area contributed by atoms with Crippen molar-refractivity contribution in [2.75, 3.05) is 12.4 Å². The number of benzene rings is 1. The zero-order valence-corrected chi connectivity index (χ0v) is 15.8. The minimum absolute atomic E-state index is 0. The second-order valence-corrected chi connectivity index (χ2v) is 5.76. The zero-order chi connectivity index (χ0) is 14.5. The average Bonchev–Trinajstić information content (AvgIpc) is 2.46. The summed E-state index contributed by atoms with van der Waals surface area (Å²) in [7, 11) is 0. The standard InChI is InChI=1S/C14H17NO4S.K/c16-7-5-11(14(18)19)15-13(17)10-6-8-20-12-4-2-1-3-9(10)12;/h1-4,10-11,16H,5-8H2,(H,15,17)(H,18,19);/q;+1/p-1/t10?,11-;/m0./s1. The van der Waals surface area contributed by atoms with Crippen LogP contribution < -0.4 is 61.8 Å². The fourth-order valence-electron chi connectivity index (χ4n) is 2.26. The van der Waals surface area contributed by atoms with E-state index in [-0.39, 0.29) is 76.2 Å². The quantitative estimate of drug-likeness (QED) is 0.557. The molecule has 1 unspecified atom stereocenters. The van der Waals surface area contributed by atoms with Crippen molar-refractivity contribution in [2.24, 2.45) is 0 Å². The number of hydrogen-bond donors (Lipinski definition) is 2. The fraction of sp³-hybridized carbons (Fsp3) is 0.429. The third-order valence-corrected chi connectivity index (χ3v) is 4.42. The molecule has 0 radical (unpaired) electrons. The SMILES string of the molecule is O=C(N[C@@H](CCO)C(=O)[O-])C1CCSc2ccccc21.[K+]. The predicted molar refractivity (Wildman–Crippen MR) is 73.2 cm³/mol. The van der Waals surface area contributed by atoms with Gasteiger partial charge in [-0.2, -0.15) is 0 Å². The number of amides is 1. The van der Waals surface area contributed by atoms with E-state index in [4.69, 9.17) is 5.11 Å². The van der Waals surface area contributed by atoms with Crippen LogP contribution in [-0.2, 0) is 9.59 Å². The number of carbonyl (C=O) groups is 2. The Morgan fingerprint density at radius 1 is 1.43 bits per heavy atom. The number of fused-ring (bicyclic) bond motifs is 1. The summed E-state index contributed by atoms with van der Waals surface area (Å²) in [5, 5.41) is 22.2. The van der Waals surface area contributed by atoms with Gasteiger partial charge in [0.1, 0.15) is 0 Å². The van der Waals surface area contributed by atoms with Gasteiger partial charge in [0.25, 0.3) is 0 Å². The minimum atomic E-state index is -1.37. The van der Waals surface area contributed by atoms with Gasteiger partial charge in [-0.3, -0.25) is 4.79 Å². The number of carboxylic acids is 1. The maximum Gasteiger partial charge on any atom is 1.00 e. The first kappa shape index (κ1) is 19.2. The van der Waals surface area contributed by atoms with Gasteiger partial charge in [0.15, 0.2) is 0 Å². The van der Waals surface area contributed by atoms with E-state index in [0.717, 1.165) is 16.2 Å². The van der Waals surface area contributed by atoms with E-state index >= 15 is 0 Å². The molecule has 1 heterocycles. The van der Waals surface area contributed by atoms with Crippen LogP contribution in [0.15, 0.2) is 29.2 Å². The summed E-state index contributed by atoms with van der Waals surface area (Å²) < 4.78 is 0. The molecule has 7 heteroatoms. The molecule has 1 amide bonds. The topological polar surface area (TPSA) is 89.5 Å². The molecule has 0 saturated heterocycles. The molecule has 0 fully saturated rings. The van der Waals surface area contributed by atoms with Crippen LogP contribution >= 0.6 is 11.8 Å². The van der Waals surface area contributed by atoms with E-state index in [1.807, 2.05) is 24.3 Å². The Morgan fingerprint density at radius 3 is 2.81 bits per heavy atom. The largest absolute Gasteiger partial charge is 1.00 e. The average molecular weight is 333 g/mol. The van der Waals surface area contributed by atoms with E-state index in [2.05, 4.69) is 5.32 Å². The first-order valence-electron chi connectivity index (χ1n) is 6.47. The van der Waals surface area contributed by atoms with Crippen molar-refractivity contribution >= 4 is 23.6 Å². The number of carbonyl (C=O) groups excluding carboxylic acids is 2. The number of carboxylic acid groups (broad SMARTS) is 1. The zero-order valence-electron chi connectivity index (χ0n) is 11.9. The van der Waals surface area contributed by atoms with Crippen molar-refractivity contribution in [2.45, 2.75) is 29.7 Å². The molecule has 0 spiro atoms. The second kappa shape index (κ2) is 9.29. The Hall–Kier alpha value is 0.106. The summed E-state index contributed by atoms with van der Waals surface area (Å²) in [6.07, 6.45) is 0.629. The minimum Gasteiger partial charge on any atom is -0.548 e. The van der Waals surface area contributed by atoms with Gasteiger partial charge in [-0.1, -0.05) is 18.2 Å². The van der Waals surface area contributed by atoms with Crippen molar-refractivity contribution in [3.63, 3.8) is 0 Å². The Morgan fingerprint density at radius 2 is 2.14 bits per heavy atom. The number of thioether (sulfide) groups is 1. The monoisotopic (exact) mass is 333 g/mol. The number of aliphatic hydroxyl groups is 1. The molecule has 108 valence electrons. The molecule has 1 aliphatic heterocycles. The first-order chi connectivity index (χ1) is 9.63. The van der Waals surface area contributed by atoms with Gasteiger partial charge in [-0.25, -0.2) is 0 Å². The maximum absolute atomic E-state index is 12.3. The third kappa shape index (κ3) is 5.06. The van der Waals surface area contributed by atoms with Gasteiger partial charge in [0.05, 0.1) is 17.9 Å². The molecular formula is C14H16KNO4S. The van der Waals surface area contributed by atoms with Crippen molar-refractivity contribution in [1.82, 2.24) is 5.32 Å². The van der Waals surface area contributed by atoms with Crippen LogP contribution in [-0.4, -0.2) is 35.4 Å². The van der Waals surface area contributed by atoms with Crippen molar-refractivity contribution < 1.29 is 71.2 Å². The normalized spacial score (nSPS) is 18.0. The van der Waals surface area contributed by atoms with E-state index in [1.54, 1.807) is 11.8 Å². The summed E-state index contributed by atoms with van der Waals surface area (Å²) >= 11 is 1.70. The molecule has 0 bridgehead atoms. The first-order valence-corrected chi connectivity index (χ1v) is 7.46. The summed E-state index contributed by atoms with van der Waals surface area (Å²) in [6, 6.07) is 6.50. The smallest absolute Gasteiger partial charge is 0.548 e. The summed E-state index contributed by atoms with van der Waals surface area (Å²) in [4.78, 5) is 24.2. The molecule has 21 heavy (non-hydrogen) atoms. The molecule has 1 aromatic rings. The number of nitrogens with one attached hydrogen (secondary N) is 1. The number of rotatable bonds is 5. The number of aliphatic carboxylic acids is 1. The predicted octanol–water partition coefficient (Wildman–Crippen LogP) is -3.11. The molecule has 1 aliphatic rings. The van der Waals surface area contributed by atoms with Crippen LogP contribution in [0.4, 0.5) is 0 Å². The van der Waals surface area contributed by atoms with Gasteiger partial charge in [0.2, 0.25) is 5.91 Å². The maximum atomic E-state index is 12.3. The second-order valence-electron chi connectivity index (χ2n) is 4.62. The summed E-state index contributed by atoms with van der Waals surface area (Å²) in [6.45, 7) is -0.309. The molecule has 1 aromatic carbocycles. The van der Waals surface area contributed by atoms with Crippen molar-refractivity contribution in [3.8, 4) is 0 Å². The third-order valence-electron chi connectivity index (χ3n) is 3.29. The molecule has 2 atom stereocenters. The Kier molecular flexibility index (Phi) is 8.47. The molecule has 0 saturated carbocycles. The van der Waals surface area contributed by atoms with Crippen molar-refractivity contribution in [1.29, 1.82) is 0 Å². The van der Waals surface area contributed by atoms with E-state index in [0.29, 0.717) is 6.42 Å². The Bertz CT molecular complexity index is 512. The van der Waals surface area contributed by atoms with E-state index in [9.17, 15) is 14.7 Å². The Labute approximate surface area is 170 Å². The van der Waals surface area contributed by atoms with Crippen LogP contribution in [0.1, 0.15) is 24.3 Å². The van der Waals surface area contributed by atoms with E-state index < -0.39 is 12.0 Å². The fourth-order valence-corrected chi connectivity index (χ4v) is 3.39. The van der Waals surface area contributed by atoms with Crippen LogP contribution in [0.25, 0.3) is 0 Å². The molecular weight excluding hydrogens is 317 g/mol. The number of aliphatic hydroxyl groups excluding tert-OH is 1. The molecule has 0 aliphatic carbocycles. The molecule has 2 rings (SSSR count). The molecule has 0 aromatic heterocycles. The summed E-state index contributed by atoms with van der Waals surface area (Å²) in [5.74, 6) is -1.20. The molecule has 2 N–H and O–H groups in total. The van der Waals surface area contributed by atoms with Crippen LogP contribution in [0.5, 0.6) is 0 Å².